The van der Waals surface area contributed by atoms with Crippen LogP contribution < -0.4 is 4.74 Å². The summed E-state index contributed by atoms with van der Waals surface area (Å²) >= 11 is 0. The first-order valence-electron chi connectivity index (χ1n) is 4.74. The molecule has 1 aromatic rings. The van der Waals surface area contributed by atoms with Crippen LogP contribution in [-0.4, -0.2) is 10.5 Å². The molecule has 0 spiro atoms. The van der Waals surface area contributed by atoms with Crippen LogP contribution in [0.2, 0.25) is 0 Å². The van der Waals surface area contributed by atoms with Gasteiger partial charge in [0.25, 0.3) is 0 Å². The second-order valence-corrected chi connectivity index (χ2v) is 4.44. The Hall–Kier alpha value is -1.58. The molecule has 82 valence electrons. The first-order valence-corrected chi connectivity index (χ1v) is 4.74. The van der Waals surface area contributed by atoms with Gasteiger partial charge in [-0.1, -0.05) is 6.07 Å². The summed E-state index contributed by atoms with van der Waals surface area (Å²) in [6.07, 6.45) is 0. The molecule has 1 aromatic carbocycles. The quantitative estimate of drug-likeness (QED) is 0.555. The zero-order valence-electron chi connectivity index (χ0n) is 9.40. The van der Waals surface area contributed by atoms with Crippen LogP contribution in [0.4, 0.5) is 5.69 Å². The molecule has 15 heavy (non-hydrogen) atoms. The van der Waals surface area contributed by atoms with E-state index < -0.39 is 10.5 Å². The highest BCUT2D eigenvalue weighted by Gasteiger charge is 2.20. The average Bonchev–Trinajstić information content (AvgIpc) is 2.05. The lowest BCUT2D eigenvalue weighted by Crippen LogP contribution is -2.23. The number of hydrogen-bond donors (Lipinski definition) is 0. The maximum Gasteiger partial charge on any atom is 0.311 e. The predicted octanol–water partition coefficient (Wildman–Crippen LogP) is 3.08. The van der Waals surface area contributed by atoms with E-state index in [1.807, 2.05) is 27.7 Å². The van der Waals surface area contributed by atoms with Crippen molar-refractivity contribution in [1.29, 1.82) is 0 Å². The van der Waals surface area contributed by atoms with Crippen LogP contribution in [-0.2, 0) is 0 Å². The van der Waals surface area contributed by atoms with Crippen molar-refractivity contribution in [2.24, 2.45) is 0 Å². The predicted molar refractivity (Wildman–Crippen MR) is 58.2 cm³/mol. The number of nitrogens with zero attached hydrogens (tertiary/aromatic N) is 1. The molecule has 0 bridgehead atoms. The second kappa shape index (κ2) is 3.88. The van der Waals surface area contributed by atoms with Crippen molar-refractivity contribution in [3.8, 4) is 5.75 Å². The van der Waals surface area contributed by atoms with Crippen molar-refractivity contribution in [3.63, 3.8) is 0 Å². The average molecular weight is 209 g/mol. The molecule has 4 nitrogen and oxygen atoms in total. The molecule has 0 radical (unpaired) electrons. The molecule has 0 aliphatic rings. The third kappa shape index (κ3) is 3.23. The van der Waals surface area contributed by atoms with Gasteiger partial charge in [-0.3, -0.25) is 10.1 Å². The van der Waals surface area contributed by atoms with E-state index in [-0.39, 0.29) is 5.69 Å². The van der Waals surface area contributed by atoms with Gasteiger partial charge in [0.15, 0.2) is 5.75 Å². The highest BCUT2D eigenvalue weighted by molar-refractivity contribution is 5.48. The van der Waals surface area contributed by atoms with Gasteiger partial charge in [0.05, 0.1) is 4.92 Å². The summed E-state index contributed by atoms with van der Waals surface area (Å²) in [4.78, 5) is 10.4. The minimum Gasteiger partial charge on any atom is -0.481 e. The lowest BCUT2D eigenvalue weighted by atomic mass is 10.1. The van der Waals surface area contributed by atoms with Gasteiger partial charge in [0, 0.05) is 6.07 Å². The zero-order chi connectivity index (χ0) is 11.6. The maximum absolute atomic E-state index is 10.8. The van der Waals surface area contributed by atoms with E-state index in [1.165, 1.54) is 6.07 Å². The van der Waals surface area contributed by atoms with Crippen LogP contribution in [0.1, 0.15) is 26.3 Å². The fourth-order valence-corrected chi connectivity index (χ4v) is 1.19. The van der Waals surface area contributed by atoms with Gasteiger partial charge in [0.1, 0.15) is 5.60 Å². The number of rotatable bonds is 2. The monoisotopic (exact) mass is 209 g/mol. The van der Waals surface area contributed by atoms with Gasteiger partial charge in [-0.15, -0.1) is 0 Å². The highest BCUT2D eigenvalue weighted by Crippen LogP contribution is 2.30. The minimum atomic E-state index is -0.431. The maximum atomic E-state index is 10.8. The van der Waals surface area contributed by atoms with Gasteiger partial charge in [-0.25, -0.2) is 0 Å². The van der Waals surface area contributed by atoms with Crippen molar-refractivity contribution in [1.82, 2.24) is 0 Å². The molecule has 0 fully saturated rings. The molecule has 4 heteroatoms. The highest BCUT2D eigenvalue weighted by atomic mass is 16.6. The normalized spacial score (nSPS) is 11.2. The first kappa shape index (κ1) is 11.5. The van der Waals surface area contributed by atoms with E-state index in [4.69, 9.17) is 4.74 Å². The number of nitro benzene ring substituents is 1. The smallest absolute Gasteiger partial charge is 0.311 e. The van der Waals surface area contributed by atoms with Gasteiger partial charge in [0.2, 0.25) is 0 Å². The molecule has 0 saturated carbocycles. The Labute approximate surface area is 89.0 Å². The summed E-state index contributed by atoms with van der Waals surface area (Å²) < 4.78 is 5.51. The van der Waals surface area contributed by atoms with E-state index in [0.29, 0.717) is 5.75 Å². The van der Waals surface area contributed by atoms with Crippen LogP contribution in [0, 0.1) is 17.0 Å². The zero-order valence-corrected chi connectivity index (χ0v) is 9.40. The summed E-state index contributed by atoms with van der Waals surface area (Å²) in [6, 6.07) is 4.95. The van der Waals surface area contributed by atoms with Crippen molar-refractivity contribution in [3.05, 3.63) is 33.9 Å². The lowest BCUT2D eigenvalue weighted by Gasteiger charge is -2.20. The van der Waals surface area contributed by atoms with E-state index >= 15 is 0 Å². The second-order valence-electron chi connectivity index (χ2n) is 4.44. The van der Waals surface area contributed by atoms with Crippen LogP contribution in [0.25, 0.3) is 0 Å². The molecule has 0 saturated heterocycles. The summed E-state index contributed by atoms with van der Waals surface area (Å²) in [6.45, 7) is 7.39. The van der Waals surface area contributed by atoms with Crippen LogP contribution >= 0.6 is 0 Å². The molecular weight excluding hydrogens is 194 g/mol. The Morgan fingerprint density at radius 1 is 1.33 bits per heavy atom. The molecule has 0 heterocycles. The van der Waals surface area contributed by atoms with Crippen molar-refractivity contribution < 1.29 is 9.66 Å². The number of aryl methyl sites for hydroxylation is 1. The molecule has 0 atom stereocenters. The Bertz CT molecular complexity index is 380. The molecule has 1 rings (SSSR count). The Balaban J connectivity index is 3.12. The largest absolute Gasteiger partial charge is 0.481 e. The van der Waals surface area contributed by atoms with E-state index in [1.54, 1.807) is 12.1 Å². The van der Waals surface area contributed by atoms with E-state index in [0.717, 1.165) is 5.56 Å². The lowest BCUT2D eigenvalue weighted by molar-refractivity contribution is -0.386. The number of benzene rings is 1. The Morgan fingerprint density at radius 2 is 1.93 bits per heavy atom. The molecule has 0 aliphatic heterocycles. The minimum absolute atomic E-state index is 0.0184. The Kier molecular flexibility index (Phi) is 2.98. The van der Waals surface area contributed by atoms with Gasteiger partial charge in [-0.2, -0.15) is 0 Å². The molecule has 0 unspecified atom stereocenters. The number of nitro groups is 1. The topological polar surface area (TPSA) is 52.4 Å². The summed E-state index contributed by atoms with van der Waals surface area (Å²) in [5.74, 6) is 0.318. The SMILES string of the molecule is Cc1ccc(OC(C)(C)C)c([N+](=O)[O-])c1. The summed E-state index contributed by atoms with van der Waals surface area (Å²) in [7, 11) is 0. The fourth-order valence-electron chi connectivity index (χ4n) is 1.19. The third-order valence-corrected chi connectivity index (χ3v) is 1.73. The standard InChI is InChI=1S/C11H15NO3/c1-8-5-6-10(15-11(2,3)4)9(7-8)12(13)14/h5-7H,1-4H3. The van der Waals surface area contributed by atoms with Gasteiger partial charge >= 0.3 is 5.69 Å². The molecule has 0 N–H and O–H groups in total. The third-order valence-electron chi connectivity index (χ3n) is 1.73. The van der Waals surface area contributed by atoms with Gasteiger partial charge < -0.3 is 4.74 Å². The van der Waals surface area contributed by atoms with Crippen molar-refractivity contribution in [2.75, 3.05) is 0 Å². The van der Waals surface area contributed by atoms with Crippen LogP contribution in [0.5, 0.6) is 5.75 Å². The number of ether oxygens (including phenoxy) is 1. The van der Waals surface area contributed by atoms with E-state index in [9.17, 15) is 10.1 Å². The molecule has 0 aromatic heterocycles. The fraction of sp³-hybridized carbons (Fsp3) is 0.455. The molecule has 0 aliphatic carbocycles. The van der Waals surface area contributed by atoms with Crippen molar-refractivity contribution >= 4 is 5.69 Å². The van der Waals surface area contributed by atoms with E-state index in [2.05, 4.69) is 0 Å². The summed E-state index contributed by atoms with van der Waals surface area (Å²) in [5.41, 5.74) is 0.438. The Morgan fingerprint density at radius 3 is 2.40 bits per heavy atom. The van der Waals surface area contributed by atoms with Crippen LogP contribution in [0.3, 0.4) is 0 Å². The molecular formula is C11H15NO3. The molecule has 0 amide bonds. The van der Waals surface area contributed by atoms with Crippen molar-refractivity contribution in [2.45, 2.75) is 33.3 Å². The first-order chi connectivity index (χ1) is 6.79. The number of hydrogen-bond acceptors (Lipinski definition) is 3. The van der Waals surface area contributed by atoms with Gasteiger partial charge in [-0.05, 0) is 39.3 Å². The van der Waals surface area contributed by atoms with Crippen LogP contribution in [0.15, 0.2) is 18.2 Å². The summed E-state index contributed by atoms with van der Waals surface area (Å²) in [5, 5.41) is 10.8.